The summed E-state index contributed by atoms with van der Waals surface area (Å²) in [5.74, 6) is -1.41. The minimum Gasteiger partial charge on any atom is -0.394 e. The van der Waals surface area contributed by atoms with E-state index >= 15 is 0 Å². The summed E-state index contributed by atoms with van der Waals surface area (Å²) in [6.07, 6.45) is 3.18. The molecule has 5 amide bonds. The third kappa shape index (κ3) is 8.49. The number of aliphatic hydroxyl groups excluding tert-OH is 2. The van der Waals surface area contributed by atoms with Gasteiger partial charge in [0.1, 0.15) is 24.6 Å². The number of ether oxygens (including phenoxy) is 2. The number of imidazole rings is 1. The van der Waals surface area contributed by atoms with Crippen LogP contribution < -0.4 is 11.1 Å². The molecule has 0 saturated carbocycles. The van der Waals surface area contributed by atoms with Crippen LogP contribution in [-0.4, -0.2) is 119 Å². The number of anilines is 1. The Kier molecular flexibility index (Phi) is 12.6. The summed E-state index contributed by atoms with van der Waals surface area (Å²) in [5, 5.41) is 24.1. The quantitative estimate of drug-likeness (QED) is 0.0678. The number of nitrogens with zero attached hydrogens (tertiary/aromatic N) is 6. The van der Waals surface area contributed by atoms with E-state index in [0.29, 0.717) is 90.3 Å². The highest BCUT2D eigenvalue weighted by atomic mass is 16.6. The molecule has 17 heteroatoms. The zero-order chi connectivity index (χ0) is 43.4. The van der Waals surface area contributed by atoms with E-state index < -0.39 is 36.7 Å². The molecule has 0 bridgehead atoms. The molecular formula is C45H48N8O9. The van der Waals surface area contributed by atoms with Crippen molar-refractivity contribution < 1.29 is 43.7 Å². The minimum absolute atomic E-state index is 0.169. The third-order valence-electron chi connectivity index (χ3n) is 11.9. The molecule has 3 aromatic carbocycles. The zero-order valence-corrected chi connectivity index (χ0v) is 34.0. The molecule has 5 N–H and O–H groups in total. The van der Waals surface area contributed by atoms with Gasteiger partial charge in [0.2, 0.25) is 0 Å². The Morgan fingerprint density at radius 1 is 0.742 bits per heavy atom. The summed E-state index contributed by atoms with van der Waals surface area (Å²) in [6, 6.07) is 22.2. The van der Waals surface area contributed by atoms with Crippen LogP contribution in [0.2, 0.25) is 0 Å². The van der Waals surface area contributed by atoms with Crippen molar-refractivity contribution in [3.8, 4) is 0 Å². The number of nitrogens with one attached hydrogen (secondary N) is 1. The fourth-order valence-corrected chi connectivity index (χ4v) is 8.57. The van der Waals surface area contributed by atoms with Crippen molar-refractivity contribution in [2.75, 3.05) is 31.6 Å². The number of benzene rings is 3. The van der Waals surface area contributed by atoms with Crippen LogP contribution in [0.25, 0.3) is 11.2 Å². The van der Waals surface area contributed by atoms with Crippen LogP contribution in [0.1, 0.15) is 109 Å². The average molecular weight is 845 g/mol. The van der Waals surface area contributed by atoms with Crippen molar-refractivity contribution in [2.24, 2.45) is 5.73 Å². The van der Waals surface area contributed by atoms with Crippen molar-refractivity contribution in [3.05, 3.63) is 119 Å². The number of rotatable bonds is 19. The predicted molar refractivity (Wildman–Crippen MR) is 224 cm³/mol. The maximum Gasteiger partial charge on any atom is 0.261 e. The molecule has 62 heavy (non-hydrogen) atoms. The Morgan fingerprint density at radius 2 is 1.27 bits per heavy atom. The van der Waals surface area contributed by atoms with Crippen molar-refractivity contribution >= 4 is 46.5 Å². The number of aliphatic hydroxyl groups is 2. The Hall–Kier alpha value is -6.24. The van der Waals surface area contributed by atoms with Crippen LogP contribution in [-0.2, 0) is 9.47 Å². The summed E-state index contributed by atoms with van der Waals surface area (Å²) in [5.41, 5.74) is 9.09. The lowest BCUT2D eigenvalue weighted by Gasteiger charge is -2.31. The zero-order valence-electron chi connectivity index (χ0n) is 34.0. The van der Waals surface area contributed by atoms with E-state index in [9.17, 15) is 34.2 Å². The van der Waals surface area contributed by atoms with Gasteiger partial charge in [-0.05, 0) is 87.8 Å². The largest absolute Gasteiger partial charge is 0.394 e. The standard InChI is InChI=1S/C45H48N8O9/c46-45(19-8-10-22-51-40(57)29-15-4-5-16-30(29)41(51)58,20-9-11-23-52-42(59)31-17-6-7-18-32(31)43(52)60)21-12-24-61-36-35(55)33(25-54)62-44(36)53-27-49-34-37(47-26-48-38(34)53)50-39(56)28-13-2-1-3-14-28/h1-7,13-18,26-27,33,35-36,44,54-55H,8-12,19-25,46H2,(H,47,48,50,56)/t33-,35-,36-,44-/m1/s1. The first-order chi connectivity index (χ1) is 30.1. The molecule has 322 valence electrons. The Labute approximate surface area is 356 Å². The number of aromatic nitrogens is 4. The molecule has 0 aliphatic carbocycles. The lowest BCUT2D eigenvalue weighted by molar-refractivity contribution is -0.0717. The number of fused-ring (bicyclic) bond motifs is 3. The maximum absolute atomic E-state index is 13.0. The molecule has 0 spiro atoms. The number of carbonyl (C=O) groups excluding carboxylic acids is 5. The second-order valence-electron chi connectivity index (χ2n) is 15.9. The second-order valence-corrected chi connectivity index (χ2v) is 15.9. The molecule has 5 heterocycles. The molecule has 5 aromatic rings. The van der Waals surface area contributed by atoms with Gasteiger partial charge < -0.3 is 30.7 Å². The van der Waals surface area contributed by atoms with Crippen molar-refractivity contribution in [3.63, 3.8) is 0 Å². The number of hydrogen-bond donors (Lipinski definition) is 4. The number of unbranched alkanes of at least 4 members (excludes halogenated alkanes) is 2. The summed E-state index contributed by atoms with van der Waals surface area (Å²) in [4.78, 5) is 80.4. The molecule has 2 aromatic heterocycles. The van der Waals surface area contributed by atoms with Crippen LogP contribution in [0, 0.1) is 0 Å². The maximum atomic E-state index is 13.0. The number of imide groups is 2. The first-order valence-corrected chi connectivity index (χ1v) is 20.9. The van der Waals surface area contributed by atoms with E-state index in [4.69, 9.17) is 15.2 Å². The highest BCUT2D eigenvalue weighted by molar-refractivity contribution is 6.22. The van der Waals surface area contributed by atoms with Crippen molar-refractivity contribution in [1.29, 1.82) is 0 Å². The van der Waals surface area contributed by atoms with Gasteiger partial charge in [-0.15, -0.1) is 0 Å². The van der Waals surface area contributed by atoms with Gasteiger partial charge in [-0.3, -0.25) is 38.3 Å². The average Bonchev–Trinajstić information content (AvgIpc) is 4.00. The molecule has 0 unspecified atom stereocenters. The van der Waals surface area contributed by atoms with E-state index in [-0.39, 0.29) is 55.1 Å². The molecule has 3 aliphatic rings. The monoisotopic (exact) mass is 844 g/mol. The number of nitrogens with two attached hydrogens (primary N) is 1. The van der Waals surface area contributed by atoms with Crippen LogP contribution >= 0.6 is 0 Å². The summed E-state index contributed by atoms with van der Waals surface area (Å²) >= 11 is 0. The number of hydrogen-bond acceptors (Lipinski definition) is 13. The molecule has 4 atom stereocenters. The summed E-state index contributed by atoms with van der Waals surface area (Å²) in [7, 11) is 0. The first kappa shape index (κ1) is 42.5. The molecule has 17 nitrogen and oxygen atoms in total. The lowest BCUT2D eigenvalue weighted by Crippen LogP contribution is -2.41. The highest BCUT2D eigenvalue weighted by Gasteiger charge is 2.46. The molecule has 0 radical (unpaired) electrons. The van der Waals surface area contributed by atoms with Gasteiger partial charge in [0.15, 0.2) is 23.2 Å². The lowest BCUT2D eigenvalue weighted by atomic mass is 9.84. The summed E-state index contributed by atoms with van der Waals surface area (Å²) in [6.45, 7) is 0.216. The molecule has 1 fully saturated rings. The predicted octanol–water partition coefficient (Wildman–Crippen LogP) is 4.13. The van der Waals surface area contributed by atoms with Crippen LogP contribution in [0.5, 0.6) is 0 Å². The van der Waals surface area contributed by atoms with Crippen LogP contribution in [0.15, 0.2) is 91.5 Å². The van der Waals surface area contributed by atoms with E-state index in [1.54, 1.807) is 83.4 Å². The topological polar surface area (TPSA) is 232 Å². The Morgan fingerprint density at radius 3 is 1.82 bits per heavy atom. The first-order valence-electron chi connectivity index (χ1n) is 20.9. The van der Waals surface area contributed by atoms with Gasteiger partial charge in [-0.2, -0.15) is 0 Å². The highest BCUT2D eigenvalue weighted by Crippen LogP contribution is 2.35. The van der Waals surface area contributed by atoms with Gasteiger partial charge in [-0.25, -0.2) is 15.0 Å². The van der Waals surface area contributed by atoms with Crippen molar-refractivity contribution in [2.45, 2.75) is 81.4 Å². The Balaban J connectivity index is 0.904. The minimum atomic E-state index is -1.20. The van der Waals surface area contributed by atoms with E-state index in [0.717, 1.165) is 0 Å². The van der Waals surface area contributed by atoms with E-state index in [1.165, 1.54) is 22.5 Å². The molecule has 3 aliphatic heterocycles. The van der Waals surface area contributed by atoms with Crippen LogP contribution in [0.4, 0.5) is 5.82 Å². The van der Waals surface area contributed by atoms with Gasteiger partial charge >= 0.3 is 0 Å². The molecular weight excluding hydrogens is 797 g/mol. The SMILES string of the molecule is NC(CCCCN1C(=O)c2ccccc2C1=O)(CCCCN1C(=O)c2ccccc2C1=O)CCCO[C@@H]1[C@H](O)[C@@H](CO)O[C@H]1n1cnc2c(NC(=O)c3ccccc3)ncnc21. The van der Waals surface area contributed by atoms with Gasteiger partial charge in [0, 0.05) is 30.8 Å². The van der Waals surface area contributed by atoms with E-state index in [1.807, 2.05) is 0 Å². The van der Waals surface area contributed by atoms with Crippen molar-refractivity contribution in [1.82, 2.24) is 29.3 Å². The van der Waals surface area contributed by atoms with Gasteiger partial charge in [-0.1, -0.05) is 42.5 Å². The van der Waals surface area contributed by atoms with E-state index in [2.05, 4.69) is 20.3 Å². The van der Waals surface area contributed by atoms with Crippen LogP contribution in [0.3, 0.4) is 0 Å². The number of amides is 5. The molecule has 8 rings (SSSR count). The normalized spacial score (nSPS) is 19.8. The van der Waals surface area contributed by atoms with Gasteiger partial charge in [0.25, 0.3) is 29.5 Å². The fourth-order valence-electron chi connectivity index (χ4n) is 8.57. The summed E-state index contributed by atoms with van der Waals surface area (Å²) < 4.78 is 14.0. The third-order valence-corrected chi connectivity index (χ3v) is 11.9. The fraction of sp³-hybridized carbons (Fsp3) is 0.378. The Bertz CT molecular complexity index is 2320. The molecule has 1 saturated heterocycles. The number of carbonyl (C=O) groups is 5. The van der Waals surface area contributed by atoms with Gasteiger partial charge in [0.05, 0.1) is 35.2 Å². The second kappa shape index (κ2) is 18.4. The smallest absolute Gasteiger partial charge is 0.261 e.